The third-order valence-electron chi connectivity index (χ3n) is 3.69. The van der Waals surface area contributed by atoms with Gasteiger partial charge in [-0.05, 0) is 17.7 Å². The van der Waals surface area contributed by atoms with Crippen molar-refractivity contribution in [2.24, 2.45) is 4.99 Å². The summed E-state index contributed by atoms with van der Waals surface area (Å²) in [7, 11) is 2.93. The van der Waals surface area contributed by atoms with Gasteiger partial charge in [-0.15, -0.1) is 0 Å². The van der Waals surface area contributed by atoms with Crippen molar-refractivity contribution in [1.29, 1.82) is 0 Å². The predicted molar refractivity (Wildman–Crippen MR) is 85.6 cm³/mol. The van der Waals surface area contributed by atoms with Crippen molar-refractivity contribution >= 4 is 11.9 Å². The van der Waals surface area contributed by atoms with Crippen LogP contribution in [0.3, 0.4) is 0 Å². The molecule has 0 radical (unpaired) electrons. The summed E-state index contributed by atoms with van der Waals surface area (Å²) >= 11 is 0. The lowest BCUT2D eigenvalue weighted by molar-refractivity contribution is -0.143. The first-order chi connectivity index (χ1) is 11.2. The van der Waals surface area contributed by atoms with E-state index in [1.54, 1.807) is 7.11 Å². The zero-order valence-electron chi connectivity index (χ0n) is 12.9. The van der Waals surface area contributed by atoms with E-state index in [9.17, 15) is 4.79 Å². The Kier molecular flexibility index (Phi) is 4.28. The van der Waals surface area contributed by atoms with Gasteiger partial charge in [0.25, 0.3) is 0 Å². The Bertz CT molecular complexity index is 727. The highest BCUT2D eigenvalue weighted by Gasteiger charge is 2.39. The average molecular weight is 311 g/mol. The molecule has 0 amide bonds. The summed E-state index contributed by atoms with van der Waals surface area (Å²) in [6.45, 7) is 0. The van der Waals surface area contributed by atoms with Crippen molar-refractivity contribution in [3.63, 3.8) is 0 Å². The summed E-state index contributed by atoms with van der Waals surface area (Å²) in [5.41, 5.74) is 1.58. The SMILES string of the molecule is COC(=O)[C@@H]1N=C(c2ccccc2OC)O[C@H]1c1ccccc1. The van der Waals surface area contributed by atoms with Gasteiger partial charge in [-0.2, -0.15) is 0 Å². The van der Waals surface area contributed by atoms with Crippen LogP contribution in [0.1, 0.15) is 17.2 Å². The molecule has 0 unspecified atom stereocenters. The van der Waals surface area contributed by atoms with E-state index >= 15 is 0 Å². The van der Waals surface area contributed by atoms with Crippen molar-refractivity contribution in [2.45, 2.75) is 12.1 Å². The van der Waals surface area contributed by atoms with E-state index in [0.29, 0.717) is 17.2 Å². The number of esters is 1. The highest BCUT2D eigenvalue weighted by atomic mass is 16.5. The number of methoxy groups -OCH3 is 2. The normalized spacial score (nSPS) is 19.7. The molecule has 2 atom stereocenters. The molecular formula is C18H17NO4. The summed E-state index contributed by atoms with van der Waals surface area (Å²) in [6, 6.07) is 16.2. The van der Waals surface area contributed by atoms with Crippen molar-refractivity contribution in [2.75, 3.05) is 14.2 Å². The second-order valence-electron chi connectivity index (χ2n) is 5.05. The van der Waals surface area contributed by atoms with E-state index in [1.165, 1.54) is 7.11 Å². The van der Waals surface area contributed by atoms with Gasteiger partial charge < -0.3 is 14.2 Å². The maximum atomic E-state index is 12.1. The monoisotopic (exact) mass is 311 g/mol. The lowest BCUT2D eigenvalue weighted by atomic mass is 10.0. The zero-order valence-corrected chi connectivity index (χ0v) is 12.9. The van der Waals surface area contributed by atoms with E-state index < -0.39 is 18.1 Å². The summed E-state index contributed by atoms with van der Waals surface area (Å²) in [5.74, 6) is 0.596. The molecule has 5 heteroatoms. The molecule has 0 bridgehead atoms. The molecule has 5 nitrogen and oxygen atoms in total. The molecule has 1 heterocycles. The number of carbonyl (C=O) groups excluding carboxylic acids is 1. The maximum absolute atomic E-state index is 12.1. The molecule has 0 saturated heterocycles. The number of rotatable bonds is 4. The van der Waals surface area contributed by atoms with Gasteiger partial charge in [0.05, 0.1) is 19.8 Å². The molecule has 0 spiro atoms. The van der Waals surface area contributed by atoms with Crippen LogP contribution in [0.5, 0.6) is 5.75 Å². The van der Waals surface area contributed by atoms with Crippen LogP contribution in [0, 0.1) is 0 Å². The van der Waals surface area contributed by atoms with Gasteiger partial charge in [-0.1, -0.05) is 42.5 Å². The lowest BCUT2D eigenvalue weighted by Gasteiger charge is -2.16. The van der Waals surface area contributed by atoms with Crippen LogP contribution in [0.4, 0.5) is 0 Å². The van der Waals surface area contributed by atoms with Gasteiger partial charge in [-0.25, -0.2) is 9.79 Å². The number of nitrogens with zero attached hydrogens (tertiary/aromatic N) is 1. The average Bonchev–Trinajstić information content (AvgIpc) is 3.07. The predicted octanol–water partition coefficient (Wildman–Crippen LogP) is 2.75. The number of hydrogen-bond donors (Lipinski definition) is 0. The van der Waals surface area contributed by atoms with Gasteiger partial charge in [0.15, 0.2) is 12.1 Å². The Morgan fingerprint density at radius 2 is 1.74 bits per heavy atom. The number of benzene rings is 2. The Labute approximate surface area is 134 Å². The number of hydrogen-bond acceptors (Lipinski definition) is 5. The molecule has 0 saturated carbocycles. The molecule has 118 valence electrons. The van der Waals surface area contributed by atoms with Crippen molar-refractivity contribution < 1.29 is 19.0 Å². The second kappa shape index (κ2) is 6.52. The highest BCUT2D eigenvalue weighted by Crippen LogP contribution is 2.33. The van der Waals surface area contributed by atoms with E-state index in [0.717, 1.165) is 5.56 Å². The molecule has 1 aliphatic rings. The number of aliphatic imine (C=N–C) groups is 1. The quantitative estimate of drug-likeness (QED) is 0.815. The minimum absolute atomic E-state index is 0.381. The summed E-state index contributed by atoms with van der Waals surface area (Å²) in [4.78, 5) is 16.5. The van der Waals surface area contributed by atoms with Crippen LogP contribution in [-0.4, -0.2) is 32.1 Å². The highest BCUT2D eigenvalue weighted by molar-refractivity contribution is 6.00. The largest absolute Gasteiger partial charge is 0.496 e. The number of ether oxygens (including phenoxy) is 3. The smallest absolute Gasteiger partial charge is 0.335 e. The van der Waals surface area contributed by atoms with Gasteiger partial charge >= 0.3 is 5.97 Å². The first-order valence-corrected chi connectivity index (χ1v) is 7.25. The van der Waals surface area contributed by atoms with Gasteiger partial charge in [0, 0.05) is 0 Å². The fraction of sp³-hybridized carbons (Fsp3) is 0.222. The molecular weight excluding hydrogens is 294 g/mol. The van der Waals surface area contributed by atoms with E-state index in [4.69, 9.17) is 14.2 Å². The molecule has 23 heavy (non-hydrogen) atoms. The summed E-state index contributed by atoms with van der Waals surface area (Å²) in [5, 5.41) is 0. The van der Waals surface area contributed by atoms with Crippen molar-refractivity contribution in [3.8, 4) is 5.75 Å². The van der Waals surface area contributed by atoms with Crippen LogP contribution < -0.4 is 4.74 Å². The first-order valence-electron chi connectivity index (χ1n) is 7.25. The van der Waals surface area contributed by atoms with Crippen molar-refractivity contribution in [1.82, 2.24) is 0 Å². The van der Waals surface area contributed by atoms with E-state index in [-0.39, 0.29) is 0 Å². The standard InChI is InChI=1S/C18H17NO4/c1-21-14-11-7-6-10-13(14)17-19-15(18(20)22-2)16(23-17)12-8-4-3-5-9-12/h3-11,15-16H,1-2H3/t15-,16+/m1/s1. The Morgan fingerprint density at radius 3 is 2.43 bits per heavy atom. The Balaban J connectivity index is 1.99. The minimum atomic E-state index is -0.734. The summed E-state index contributed by atoms with van der Waals surface area (Å²) in [6.07, 6.45) is -0.511. The number of para-hydroxylation sites is 1. The fourth-order valence-corrected chi connectivity index (χ4v) is 2.55. The van der Waals surface area contributed by atoms with Crippen LogP contribution >= 0.6 is 0 Å². The molecule has 2 aromatic rings. The van der Waals surface area contributed by atoms with Crippen LogP contribution in [-0.2, 0) is 14.3 Å². The lowest BCUT2D eigenvalue weighted by Crippen LogP contribution is -2.25. The molecule has 0 fully saturated rings. The van der Waals surface area contributed by atoms with E-state index in [2.05, 4.69) is 4.99 Å². The third kappa shape index (κ3) is 2.90. The molecule has 0 aromatic heterocycles. The topological polar surface area (TPSA) is 57.1 Å². The molecule has 3 rings (SSSR count). The first kappa shape index (κ1) is 15.1. The Hall–Kier alpha value is -2.82. The maximum Gasteiger partial charge on any atom is 0.335 e. The second-order valence-corrected chi connectivity index (χ2v) is 5.05. The number of carbonyl (C=O) groups is 1. The fourth-order valence-electron chi connectivity index (χ4n) is 2.55. The molecule has 0 N–H and O–H groups in total. The Morgan fingerprint density at radius 1 is 1.04 bits per heavy atom. The minimum Gasteiger partial charge on any atom is -0.496 e. The van der Waals surface area contributed by atoms with Gasteiger partial charge in [-0.3, -0.25) is 0 Å². The van der Waals surface area contributed by atoms with E-state index in [1.807, 2.05) is 54.6 Å². The molecule has 0 aliphatic carbocycles. The van der Waals surface area contributed by atoms with Crippen molar-refractivity contribution in [3.05, 3.63) is 65.7 Å². The summed E-state index contributed by atoms with van der Waals surface area (Å²) < 4.78 is 16.2. The zero-order chi connectivity index (χ0) is 16.2. The molecule has 1 aliphatic heterocycles. The van der Waals surface area contributed by atoms with Crippen LogP contribution in [0.15, 0.2) is 59.6 Å². The van der Waals surface area contributed by atoms with Gasteiger partial charge in [0.2, 0.25) is 5.90 Å². The van der Waals surface area contributed by atoms with Crippen LogP contribution in [0.25, 0.3) is 0 Å². The van der Waals surface area contributed by atoms with Gasteiger partial charge in [0.1, 0.15) is 5.75 Å². The third-order valence-corrected chi connectivity index (χ3v) is 3.69. The molecule has 2 aromatic carbocycles. The van der Waals surface area contributed by atoms with Crippen LogP contribution in [0.2, 0.25) is 0 Å².